The van der Waals surface area contributed by atoms with Crippen LogP contribution in [0.5, 0.6) is 0 Å². The Hall–Kier alpha value is -0.563. The van der Waals surface area contributed by atoms with Crippen molar-refractivity contribution in [3.05, 3.63) is 35.6 Å². The third-order valence-corrected chi connectivity index (χ3v) is 3.73. The second kappa shape index (κ2) is 2.24. The molecule has 0 heterocycles. The first kappa shape index (κ1) is 7.54. The summed E-state index contributed by atoms with van der Waals surface area (Å²) in [5.41, 5.74) is 1.15. The summed E-state index contributed by atoms with van der Waals surface area (Å²) in [4.78, 5) is 0. The minimum Gasteiger partial charge on any atom is -0.0918 e. The Labute approximate surface area is 64.0 Å². The maximum absolute atomic E-state index is 3.88. The van der Waals surface area contributed by atoms with Crippen molar-refractivity contribution in [2.45, 2.75) is 19.6 Å². The van der Waals surface area contributed by atoms with Crippen molar-refractivity contribution < 1.29 is 0 Å². The average molecular weight is 150 g/mol. The molecule has 1 aliphatic rings. The largest absolute Gasteiger partial charge is 0.0918 e. The molecule has 0 aliphatic heterocycles. The van der Waals surface area contributed by atoms with Gasteiger partial charge in [0.1, 0.15) is 0 Å². The van der Waals surface area contributed by atoms with Crippen molar-refractivity contribution in [1.29, 1.82) is 0 Å². The predicted molar refractivity (Wildman–Crippen MR) is 49.7 cm³/mol. The topological polar surface area (TPSA) is 0 Å². The van der Waals surface area contributed by atoms with E-state index in [4.69, 9.17) is 0 Å². The lowest BCUT2D eigenvalue weighted by Gasteiger charge is -2.15. The van der Waals surface area contributed by atoms with Crippen LogP contribution in [0.15, 0.2) is 35.6 Å². The van der Waals surface area contributed by atoms with E-state index in [1.165, 1.54) is 5.20 Å². The highest BCUT2D eigenvalue weighted by atomic mass is 28.3. The smallest absolute Gasteiger partial charge is 0.0776 e. The maximum atomic E-state index is 3.88. The van der Waals surface area contributed by atoms with Gasteiger partial charge in [-0.2, -0.15) is 0 Å². The van der Waals surface area contributed by atoms with E-state index in [0.29, 0.717) is 0 Å². The fraction of sp³-hybridized carbons (Fsp3) is 0.333. The molecule has 0 fully saturated rings. The Kier molecular flexibility index (Phi) is 1.69. The highest BCUT2D eigenvalue weighted by Gasteiger charge is 2.18. The number of hydrogen-bond acceptors (Lipinski definition) is 0. The van der Waals surface area contributed by atoms with Crippen LogP contribution in [0.1, 0.15) is 0 Å². The lowest BCUT2D eigenvalue weighted by Crippen LogP contribution is -2.21. The second-order valence-electron chi connectivity index (χ2n) is 3.76. The van der Waals surface area contributed by atoms with E-state index in [-0.39, 0.29) is 0 Å². The highest BCUT2D eigenvalue weighted by molar-refractivity contribution is 6.83. The molecule has 0 N–H and O–H groups in total. The van der Waals surface area contributed by atoms with Crippen molar-refractivity contribution in [2.75, 3.05) is 0 Å². The molecule has 0 bridgehead atoms. The van der Waals surface area contributed by atoms with Crippen LogP contribution in [0, 0.1) is 0 Å². The standard InChI is InChI=1S/C9H14Si/c1-8-5-6-9(7-8)10(2,3)4/h5-7H,1H2,2-4H3. The number of hydrogen-bond donors (Lipinski definition) is 0. The Morgan fingerprint density at radius 3 is 2.00 bits per heavy atom. The van der Waals surface area contributed by atoms with Gasteiger partial charge in [-0.25, -0.2) is 0 Å². The van der Waals surface area contributed by atoms with E-state index >= 15 is 0 Å². The van der Waals surface area contributed by atoms with Crippen LogP contribution >= 0.6 is 0 Å². The van der Waals surface area contributed by atoms with Crippen molar-refractivity contribution in [3.63, 3.8) is 0 Å². The monoisotopic (exact) mass is 150 g/mol. The van der Waals surface area contributed by atoms with Gasteiger partial charge < -0.3 is 0 Å². The molecule has 0 saturated carbocycles. The molecular formula is C9H14Si. The minimum atomic E-state index is -1.05. The quantitative estimate of drug-likeness (QED) is 0.504. The molecule has 0 aromatic rings. The fourth-order valence-corrected chi connectivity index (χ4v) is 2.16. The SMILES string of the molecule is C=C1C=CC([Si](C)(C)C)=C1. The summed E-state index contributed by atoms with van der Waals surface area (Å²) in [6, 6.07) is 0. The lowest BCUT2D eigenvalue weighted by molar-refractivity contribution is 1.68. The molecule has 54 valence electrons. The van der Waals surface area contributed by atoms with Crippen molar-refractivity contribution in [1.82, 2.24) is 0 Å². The first-order chi connectivity index (χ1) is 4.50. The van der Waals surface area contributed by atoms with E-state index in [2.05, 4.69) is 44.4 Å². The molecule has 0 spiro atoms. The summed E-state index contributed by atoms with van der Waals surface area (Å²) in [5.74, 6) is 0. The molecule has 0 saturated heterocycles. The van der Waals surface area contributed by atoms with Gasteiger partial charge in [0.2, 0.25) is 0 Å². The number of allylic oxidation sites excluding steroid dienone is 5. The van der Waals surface area contributed by atoms with Crippen LogP contribution < -0.4 is 0 Å². The molecule has 0 radical (unpaired) electrons. The predicted octanol–water partition coefficient (Wildman–Crippen LogP) is 2.92. The maximum Gasteiger partial charge on any atom is 0.0776 e. The molecular weight excluding hydrogens is 136 g/mol. The van der Waals surface area contributed by atoms with Gasteiger partial charge in [0, 0.05) is 0 Å². The van der Waals surface area contributed by atoms with Gasteiger partial charge in [-0.1, -0.05) is 49.6 Å². The first-order valence-electron chi connectivity index (χ1n) is 3.59. The molecule has 0 atom stereocenters. The minimum absolute atomic E-state index is 1.05. The molecule has 0 unspecified atom stereocenters. The Balaban J connectivity index is 2.88. The molecule has 1 rings (SSSR count). The Bertz CT molecular complexity index is 213. The molecule has 1 aliphatic carbocycles. The van der Waals surface area contributed by atoms with Crippen LogP contribution in [0.25, 0.3) is 0 Å². The van der Waals surface area contributed by atoms with E-state index in [1.54, 1.807) is 0 Å². The van der Waals surface area contributed by atoms with E-state index in [0.717, 1.165) is 5.57 Å². The zero-order valence-electron chi connectivity index (χ0n) is 6.94. The fourth-order valence-electron chi connectivity index (χ4n) is 0.959. The highest BCUT2D eigenvalue weighted by Crippen LogP contribution is 2.22. The lowest BCUT2D eigenvalue weighted by atomic mass is 10.4. The van der Waals surface area contributed by atoms with Gasteiger partial charge in [0.05, 0.1) is 8.07 Å². The van der Waals surface area contributed by atoms with Gasteiger partial charge in [-0.15, -0.1) is 0 Å². The first-order valence-corrected chi connectivity index (χ1v) is 7.09. The molecule has 10 heavy (non-hydrogen) atoms. The summed E-state index contributed by atoms with van der Waals surface area (Å²) in [5, 5.41) is 1.51. The Morgan fingerprint density at radius 1 is 1.20 bits per heavy atom. The molecule has 0 nitrogen and oxygen atoms in total. The van der Waals surface area contributed by atoms with Crippen LogP contribution in [0.2, 0.25) is 19.6 Å². The van der Waals surface area contributed by atoms with Crippen LogP contribution in [0.4, 0.5) is 0 Å². The van der Waals surface area contributed by atoms with Gasteiger partial charge in [0.25, 0.3) is 0 Å². The van der Waals surface area contributed by atoms with Crippen LogP contribution in [0.3, 0.4) is 0 Å². The van der Waals surface area contributed by atoms with Gasteiger partial charge in [-0.3, -0.25) is 0 Å². The normalized spacial score (nSPS) is 17.9. The molecule has 0 aromatic heterocycles. The summed E-state index contributed by atoms with van der Waals surface area (Å²) in [6.07, 6.45) is 6.49. The van der Waals surface area contributed by atoms with Crippen LogP contribution in [-0.2, 0) is 0 Å². The van der Waals surface area contributed by atoms with Gasteiger partial charge in [0.15, 0.2) is 0 Å². The van der Waals surface area contributed by atoms with Crippen LogP contribution in [-0.4, -0.2) is 8.07 Å². The van der Waals surface area contributed by atoms with E-state index in [9.17, 15) is 0 Å². The third kappa shape index (κ3) is 1.48. The summed E-state index contributed by atoms with van der Waals surface area (Å²) >= 11 is 0. The summed E-state index contributed by atoms with van der Waals surface area (Å²) in [6.45, 7) is 10.9. The van der Waals surface area contributed by atoms with Crippen molar-refractivity contribution in [2.24, 2.45) is 0 Å². The van der Waals surface area contributed by atoms with Crippen molar-refractivity contribution in [3.8, 4) is 0 Å². The Morgan fingerprint density at radius 2 is 1.80 bits per heavy atom. The molecule has 0 aromatic carbocycles. The molecule has 0 amide bonds. The van der Waals surface area contributed by atoms with Crippen molar-refractivity contribution >= 4 is 8.07 Å². The second-order valence-corrected chi connectivity index (χ2v) is 8.84. The van der Waals surface area contributed by atoms with Gasteiger partial charge >= 0.3 is 0 Å². The van der Waals surface area contributed by atoms with E-state index in [1.807, 2.05) is 0 Å². The van der Waals surface area contributed by atoms with E-state index < -0.39 is 8.07 Å². The third-order valence-electron chi connectivity index (χ3n) is 1.68. The number of rotatable bonds is 1. The van der Waals surface area contributed by atoms with Gasteiger partial charge in [-0.05, 0) is 5.57 Å². The molecule has 1 heteroatoms. The zero-order valence-corrected chi connectivity index (χ0v) is 7.94. The average Bonchev–Trinajstić information content (AvgIpc) is 2.11. The zero-order chi connectivity index (χ0) is 7.78. The summed E-state index contributed by atoms with van der Waals surface area (Å²) < 4.78 is 0. The summed E-state index contributed by atoms with van der Waals surface area (Å²) in [7, 11) is -1.05.